The number of nitrogens with one attached hydrogen (secondary N) is 1. The summed E-state index contributed by atoms with van der Waals surface area (Å²) in [6, 6.07) is 7.23. The first-order chi connectivity index (χ1) is 11.1. The van der Waals surface area contributed by atoms with Crippen LogP contribution in [0, 0.1) is 6.92 Å². The van der Waals surface area contributed by atoms with Crippen molar-refractivity contribution >= 4 is 38.8 Å². The Morgan fingerprint density at radius 2 is 2.26 bits per heavy atom. The van der Waals surface area contributed by atoms with Gasteiger partial charge in [0.05, 0.1) is 12.1 Å². The molecule has 0 bridgehead atoms. The molecular weight excluding hydrogens is 362 g/mol. The molecule has 0 saturated carbocycles. The topological polar surface area (TPSA) is 69.3 Å². The van der Waals surface area contributed by atoms with Crippen LogP contribution in [0.4, 0.5) is 5.82 Å². The first kappa shape index (κ1) is 15.8. The van der Waals surface area contributed by atoms with Gasteiger partial charge in [0.25, 0.3) is 5.91 Å². The van der Waals surface area contributed by atoms with E-state index in [0.29, 0.717) is 34.9 Å². The maximum atomic E-state index is 12.6. The SMILES string of the molecule is COCCn1c(C(=O)Nc2ccc(C)cn2)cc2oc(Br)cc21. The van der Waals surface area contributed by atoms with Gasteiger partial charge in [0.15, 0.2) is 10.3 Å². The average molecular weight is 378 g/mol. The van der Waals surface area contributed by atoms with Crippen LogP contribution in [0.15, 0.2) is 39.5 Å². The number of halogens is 1. The number of aryl methyl sites for hydroxylation is 1. The largest absolute Gasteiger partial charge is 0.448 e. The van der Waals surface area contributed by atoms with Crippen LogP contribution in [0.2, 0.25) is 0 Å². The lowest BCUT2D eigenvalue weighted by molar-refractivity contribution is 0.101. The molecule has 1 amide bonds. The quantitative estimate of drug-likeness (QED) is 0.737. The molecule has 0 spiro atoms. The van der Waals surface area contributed by atoms with E-state index >= 15 is 0 Å². The Morgan fingerprint density at radius 1 is 1.43 bits per heavy atom. The van der Waals surface area contributed by atoms with E-state index in [0.717, 1.165) is 11.1 Å². The Bertz CT molecular complexity index is 836. The van der Waals surface area contributed by atoms with Gasteiger partial charge >= 0.3 is 0 Å². The first-order valence-corrected chi connectivity index (χ1v) is 7.89. The van der Waals surface area contributed by atoms with Crippen molar-refractivity contribution in [3.63, 3.8) is 0 Å². The Morgan fingerprint density at radius 3 is 2.96 bits per heavy atom. The zero-order valence-electron chi connectivity index (χ0n) is 12.8. The minimum atomic E-state index is -0.236. The van der Waals surface area contributed by atoms with E-state index in [1.807, 2.05) is 23.6 Å². The highest BCUT2D eigenvalue weighted by atomic mass is 79.9. The van der Waals surface area contributed by atoms with Crippen LogP contribution in [0.1, 0.15) is 16.1 Å². The van der Waals surface area contributed by atoms with Crippen molar-refractivity contribution in [1.82, 2.24) is 9.55 Å². The Balaban J connectivity index is 1.92. The second-order valence-corrected chi connectivity index (χ2v) is 5.93. The number of carbonyl (C=O) groups is 1. The Kier molecular flexibility index (Phi) is 4.49. The average Bonchev–Trinajstić information content (AvgIpc) is 3.04. The van der Waals surface area contributed by atoms with Gasteiger partial charge in [-0.25, -0.2) is 4.98 Å². The second-order valence-electron chi connectivity index (χ2n) is 5.15. The number of pyridine rings is 1. The van der Waals surface area contributed by atoms with E-state index in [9.17, 15) is 4.79 Å². The third-order valence-electron chi connectivity index (χ3n) is 3.46. The van der Waals surface area contributed by atoms with Crippen LogP contribution in [0.3, 0.4) is 0 Å². The first-order valence-electron chi connectivity index (χ1n) is 7.10. The maximum Gasteiger partial charge on any atom is 0.273 e. The zero-order chi connectivity index (χ0) is 16.4. The van der Waals surface area contributed by atoms with Gasteiger partial charge in [-0.05, 0) is 34.5 Å². The van der Waals surface area contributed by atoms with Crippen LogP contribution < -0.4 is 5.32 Å². The van der Waals surface area contributed by atoms with E-state index < -0.39 is 0 Å². The molecule has 0 saturated heterocycles. The van der Waals surface area contributed by atoms with Crippen LogP contribution in [0.25, 0.3) is 11.1 Å². The molecule has 7 heteroatoms. The van der Waals surface area contributed by atoms with Crippen LogP contribution in [-0.4, -0.2) is 29.2 Å². The van der Waals surface area contributed by atoms with Crippen LogP contribution in [0.5, 0.6) is 0 Å². The molecule has 3 rings (SSSR count). The standard InChI is InChI=1S/C16H16BrN3O3/c1-10-3-4-15(18-9-10)19-16(21)12-7-13-11(8-14(17)23-13)20(12)5-6-22-2/h3-4,7-9H,5-6H2,1-2H3,(H,18,19,21). The summed E-state index contributed by atoms with van der Waals surface area (Å²) in [5, 5.41) is 2.80. The van der Waals surface area contributed by atoms with Crippen molar-refractivity contribution in [2.24, 2.45) is 0 Å². The molecule has 0 atom stereocenters. The Hall–Kier alpha value is -2.12. The molecule has 23 heavy (non-hydrogen) atoms. The van der Waals surface area contributed by atoms with Gasteiger partial charge in [-0.15, -0.1) is 0 Å². The van der Waals surface area contributed by atoms with Gasteiger partial charge in [-0.1, -0.05) is 6.07 Å². The number of aromatic nitrogens is 2. The highest BCUT2D eigenvalue weighted by molar-refractivity contribution is 9.10. The molecule has 3 aromatic rings. The number of hydrogen-bond acceptors (Lipinski definition) is 4. The number of furan rings is 1. The summed E-state index contributed by atoms with van der Waals surface area (Å²) in [6.45, 7) is 2.99. The smallest absolute Gasteiger partial charge is 0.273 e. The highest BCUT2D eigenvalue weighted by Gasteiger charge is 2.19. The summed E-state index contributed by atoms with van der Waals surface area (Å²) < 4.78 is 13.2. The number of anilines is 1. The second kappa shape index (κ2) is 6.55. The highest BCUT2D eigenvalue weighted by Crippen LogP contribution is 2.27. The van der Waals surface area contributed by atoms with Gasteiger partial charge in [-0.3, -0.25) is 4.79 Å². The molecule has 0 radical (unpaired) electrons. The van der Waals surface area contributed by atoms with Crippen molar-refractivity contribution < 1.29 is 13.9 Å². The summed E-state index contributed by atoms with van der Waals surface area (Å²) in [5.74, 6) is 0.276. The van der Waals surface area contributed by atoms with E-state index in [2.05, 4.69) is 26.2 Å². The fourth-order valence-corrected chi connectivity index (χ4v) is 2.74. The number of ether oxygens (including phenoxy) is 1. The number of hydrogen-bond donors (Lipinski definition) is 1. The fraction of sp³-hybridized carbons (Fsp3) is 0.250. The molecule has 120 valence electrons. The normalized spacial score (nSPS) is 11.1. The summed E-state index contributed by atoms with van der Waals surface area (Å²) in [5.41, 5.74) is 3.03. The van der Waals surface area contributed by atoms with Gasteiger partial charge < -0.3 is 19.0 Å². The zero-order valence-corrected chi connectivity index (χ0v) is 14.4. The number of carbonyl (C=O) groups excluding carboxylic acids is 1. The molecule has 0 unspecified atom stereocenters. The van der Waals surface area contributed by atoms with Gasteiger partial charge in [-0.2, -0.15) is 0 Å². The lowest BCUT2D eigenvalue weighted by atomic mass is 10.3. The van der Waals surface area contributed by atoms with Crippen LogP contribution >= 0.6 is 15.9 Å². The molecule has 0 fully saturated rings. The number of nitrogens with zero attached hydrogens (tertiary/aromatic N) is 2. The molecule has 0 aliphatic heterocycles. The fourth-order valence-electron chi connectivity index (χ4n) is 2.35. The molecule has 0 aliphatic rings. The van der Waals surface area contributed by atoms with Crippen molar-refractivity contribution in [3.8, 4) is 0 Å². The lowest BCUT2D eigenvalue weighted by Crippen LogP contribution is -2.19. The van der Waals surface area contributed by atoms with Crippen molar-refractivity contribution in [2.45, 2.75) is 13.5 Å². The number of amides is 1. The molecule has 0 aliphatic carbocycles. The number of methoxy groups -OCH3 is 1. The van der Waals surface area contributed by atoms with Gasteiger partial charge in [0.1, 0.15) is 11.5 Å². The van der Waals surface area contributed by atoms with Crippen molar-refractivity contribution in [1.29, 1.82) is 0 Å². The third-order valence-corrected chi connectivity index (χ3v) is 3.85. The summed E-state index contributed by atoms with van der Waals surface area (Å²) in [6.07, 6.45) is 1.71. The molecule has 0 aromatic carbocycles. The molecular formula is C16H16BrN3O3. The molecule has 1 N–H and O–H groups in total. The minimum Gasteiger partial charge on any atom is -0.448 e. The lowest BCUT2D eigenvalue weighted by Gasteiger charge is -2.09. The van der Waals surface area contributed by atoms with Crippen molar-refractivity contribution in [3.05, 3.63) is 46.4 Å². The summed E-state index contributed by atoms with van der Waals surface area (Å²) in [4.78, 5) is 16.8. The number of fused-ring (bicyclic) bond motifs is 1. The Labute approximate surface area is 141 Å². The van der Waals surface area contributed by atoms with E-state index in [1.54, 1.807) is 25.4 Å². The predicted molar refractivity (Wildman–Crippen MR) is 90.7 cm³/mol. The van der Waals surface area contributed by atoms with Crippen LogP contribution in [-0.2, 0) is 11.3 Å². The maximum absolute atomic E-state index is 12.6. The monoisotopic (exact) mass is 377 g/mol. The molecule has 3 aromatic heterocycles. The van der Waals surface area contributed by atoms with Gasteiger partial charge in [0.2, 0.25) is 0 Å². The van der Waals surface area contributed by atoms with Gasteiger partial charge in [0, 0.05) is 32.0 Å². The number of rotatable bonds is 5. The van der Waals surface area contributed by atoms with E-state index in [-0.39, 0.29) is 5.91 Å². The van der Waals surface area contributed by atoms with E-state index in [4.69, 9.17) is 9.15 Å². The molecule has 3 heterocycles. The minimum absolute atomic E-state index is 0.236. The summed E-state index contributed by atoms with van der Waals surface area (Å²) in [7, 11) is 1.63. The third kappa shape index (κ3) is 3.30. The summed E-state index contributed by atoms with van der Waals surface area (Å²) >= 11 is 3.31. The molecule has 6 nitrogen and oxygen atoms in total. The predicted octanol–water partition coefficient (Wildman–Crippen LogP) is 3.60. The van der Waals surface area contributed by atoms with Crippen molar-refractivity contribution in [2.75, 3.05) is 19.0 Å². The van der Waals surface area contributed by atoms with E-state index in [1.165, 1.54) is 0 Å².